The zero-order valence-electron chi connectivity index (χ0n) is 15.5. The second kappa shape index (κ2) is 6.34. The van der Waals surface area contributed by atoms with Crippen LogP contribution in [-0.4, -0.2) is 34.6 Å². The Bertz CT molecular complexity index is 996. The fourth-order valence-corrected chi connectivity index (χ4v) is 4.40. The highest BCUT2D eigenvalue weighted by Gasteiger charge is 2.34. The summed E-state index contributed by atoms with van der Waals surface area (Å²) in [4.78, 5) is 26.1. The maximum absolute atomic E-state index is 15.1. The van der Waals surface area contributed by atoms with Gasteiger partial charge < -0.3 is 15.7 Å². The van der Waals surface area contributed by atoms with E-state index in [2.05, 4.69) is 6.92 Å². The summed E-state index contributed by atoms with van der Waals surface area (Å²) in [6.45, 7) is 5.14. The third-order valence-corrected chi connectivity index (χ3v) is 6.02. The summed E-state index contributed by atoms with van der Waals surface area (Å²) in [6.07, 6.45) is 3.97. The van der Waals surface area contributed by atoms with Gasteiger partial charge in [-0.15, -0.1) is 0 Å². The van der Waals surface area contributed by atoms with Gasteiger partial charge in [0.15, 0.2) is 5.82 Å². The van der Waals surface area contributed by atoms with E-state index in [1.54, 1.807) is 0 Å². The molecular weight excluding hydrogens is 349 g/mol. The molecule has 3 heterocycles. The lowest BCUT2D eigenvalue weighted by Gasteiger charge is -2.24. The third kappa shape index (κ3) is 2.81. The molecule has 7 heteroatoms. The van der Waals surface area contributed by atoms with Crippen LogP contribution in [0.3, 0.4) is 0 Å². The van der Waals surface area contributed by atoms with Gasteiger partial charge in [0.1, 0.15) is 5.56 Å². The number of aromatic carboxylic acids is 1. The molecule has 27 heavy (non-hydrogen) atoms. The summed E-state index contributed by atoms with van der Waals surface area (Å²) < 4.78 is 16.2. The number of nitrogens with zero attached hydrogens (tertiary/aromatic N) is 2. The van der Waals surface area contributed by atoms with Crippen LogP contribution < -0.4 is 16.2 Å². The molecule has 2 aliphatic rings. The summed E-state index contributed by atoms with van der Waals surface area (Å²) in [5, 5.41) is 9.37. The van der Waals surface area contributed by atoms with E-state index in [1.165, 1.54) is 10.5 Å². The Morgan fingerprint density at radius 1 is 1.37 bits per heavy atom. The van der Waals surface area contributed by atoms with Crippen molar-refractivity contribution in [3.8, 4) is 0 Å². The molecular formula is C20H24FN3O3. The molecule has 1 aliphatic carbocycles. The number of carboxylic acid groups (broad SMARTS) is 1. The molecule has 0 bridgehead atoms. The zero-order valence-corrected chi connectivity index (χ0v) is 15.5. The van der Waals surface area contributed by atoms with E-state index in [1.807, 2.05) is 11.8 Å². The van der Waals surface area contributed by atoms with E-state index >= 15 is 4.39 Å². The maximum atomic E-state index is 15.1. The third-order valence-electron chi connectivity index (χ3n) is 6.02. The number of nitrogens with two attached hydrogens (primary N) is 1. The average Bonchev–Trinajstić information content (AvgIpc) is 3.38. The Balaban J connectivity index is 1.96. The van der Waals surface area contributed by atoms with Crippen LogP contribution in [0, 0.1) is 18.7 Å². The van der Waals surface area contributed by atoms with Gasteiger partial charge in [-0.25, -0.2) is 9.18 Å². The van der Waals surface area contributed by atoms with Crippen LogP contribution in [0.2, 0.25) is 0 Å². The van der Waals surface area contributed by atoms with Gasteiger partial charge in [-0.3, -0.25) is 9.20 Å². The van der Waals surface area contributed by atoms with Gasteiger partial charge in [0, 0.05) is 19.1 Å². The Hall–Kier alpha value is -2.41. The van der Waals surface area contributed by atoms with Crippen LogP contribution in [0.5, 0.6) is 0 Å². The lowest BCUT2D eigenvalue weighted by molar-refractivity contribution is 0.0694. The van der Waals surface area contributed by atoms with Crippen molar-refractivity contribution < 1.29 is 14.3 Å². The van der Waals surface area contributed by atoms with Crippen molar-refractivity contribution in [2.45, 2.75) is 45.1 Å². The van der Waals surface area contributed by atoms with Crippen molar-refractivity contribution in [2.24, 2.45) is 11.7 Å². The molecule has 2 unspecified atom stereocenters. The number of aromatic nitrogens is 1. The highest BCUT2D eigenvalue weighted by Crippen LogP contribution is 2.44. The first-order valence-electron chi connectivity index (χ1n) is 9.45. The predicted octanol–water partition coefficient (Wildman–Crippen LogP) is 2.50. The molecule has 2 atom stereocenters. The standard InChI is InChI=1S/C20H24FN3O3/c1-3-11-7-23(9-16(11)22)18-10(2)17-13(12-4-5-12)6-14(20(26)27)19(25)24(17)8-15(18)21/h6,8,11-12,16H,3-5,7,9,22H2,1-2H3,(H,26,27). The second-order valence-corrected chi connectivity index (χ2v) is 7.80. The topological polar surface area (TPSA) is 88.0 Å². The van der Waals surface area contributed by atoms with Crippen LogP contribution in [0.4, 0.5) is 10.1 Å². The Kier molecular flexibility index (Phi) is 4.22. The molecule has 2 aromatic rings. The summed E-state index contributed by atoms with van der Waals surface area (Å²) in [5.74, 6) is -1.27. The molecule has 1 aliphatic heterocycles. The van der Waals surface area contributed by atoms with Crippen LogP contribution >= 0.6 is 0 Å². The molecule has 144 valence electrons. The SMILES string of the molecule is CCC1CN(c2c(F)cn3c(=O)c(C(=O)O)cc(C4CC4)c3c2C)CC1N. The average molecular weight is 373 g/mol. The van der Waals surface area contributed by atoms with Gasteiger partial charge in [-0.05, 0) is 48.8 Å². The van der Waals surface area contributed by atoms with Gasteiger partial charge in [-0.1, -0.05) is 13.3 Å². The number of carboxylic acids is 1. The van der Waals surface area contributed by atoms with Gasteiger partial charge in [0.2, 0.25) is 0 Å². The highest BCUT2D eigenvalue weighted by atomic mass is 19.1. The van der Waals surface area contributed by atoms with Gasteiger partial charge in [0.25, 0.3) is 5.56 Å². The number of aryl methyl sites for hydroxylation is 1. The van der Waals surface area contributed by atoms with E-state index in [0.717, 1.165) is 31.0 Å². The largest absolute Gasteiger partial charge is 0.477 e. The van der Waals surface area contributed by atoms with E-state index in [0.29, 0.717) is 35.8 Å². The van der Waals surface area contributed by atoms with E-state index < -0.39 is 17.3 Å². The number of hydrogen-bond acceptors (Lipinski definition) is 4. The van der Waals surface area contributed by atoms with Crippen LogP contribution in [-0.2, 0) is 0 Å². The fourth-order valence-electron chi connectivity index (χ4n) is 4.40. The molecule has 4 rings (SSSR count). The maximum Gasteiger partial charge on any atom is 0.341 e. The monoisotopic (exact) mass is 373 g/mol. The number of rotatable bonds is 4. The number of halogens is 1. The van der Waals surface area contributed by atoms with Crippen molar-refractivity contribution in [3.63, 3.8) is 0 Å². The van der Waals surface area contributed by atoms with Crippen molar-refractivity contribution in [1.29, 1.82) is 0 Å². The Morgan fingerprint density at radius 3 is 2.63 bits per heavy atom. The summed E-state index contributed by atoms with van der Waals surface area (Å²) >= 11 is 0. The van der Waals surface area contributed by atoms with Crippen molar-refractivity contribution in [2.75, 3.05) is 18.0 Å². The number of anilines is 1. The van der Waals surface area contributed by atoms with E-state index in [-0.39, 0.29) is 17.5 Å². The summed E-state index contributed by atoms with van der Waals surface area (Å²) in [6, 6.07) is 1.47. The molecule has 0 amide bonds. The molecule has 1 saturated heterocycles. The molecule has 0 radical (unpaired) electrons. The van der Waals surface area contributed by atoms with E-state index in [4.69, 9.17) is 5.73 Å². The minimum Gasteiger partial charge on any atom is -0.477 e. The molecule has 1 saturated carbocycles. The Morgan fingerprint density at radius 2 is 2.07 bits per heavy atom. The molecule has 0 spiro atoms. The first-order valence-corrected chi connectivity index (χ1v) is 9.45. The molecule has 0 aromatic carbocycles. The minimum absolute atomic E-state index is 0.00971. The quantitative estimate of drug-likeness (QED) is 0.860. The smallest absolute Gasteiger partial charge is 0.341 e. The van der Waals surface area contributed by atoms with Crippen LogP contribution in [0.25, 0.3) is 5.52 Å². The first-order chi connectivity index (χ1) is 12.8. The van der Waals surface area contributed by atoms with Crippen molar-refractivity contribution in [3.05, 3.63) is 45.1 Å². The lowest BCUT2D eigenvalue weighted by Crippen LogP contribution is -2.30. The summed E-state index contributed by atoms with van der Waals surface area (Å²) in [5.41, 5.74) is 7.82. The second-order valence-electron chi connectivity index (χ2n) is 7.80. The first kappa shape index (κ1) is 18.0. The number of carbonyl (C=O) groups is 1. The van der Waals surface area contributed by atoms with Crippen LogP contribution in [0.15, 0.2) is 17.1 Å². The molecule has 3 N–H and O–H groups in total. The van der Waals surface area contributed by atoms with Gasteiger partial charge in [-0.2, -0.15) is 0 Å². The predicted molar refractivity (Wildman–Crippen MR) is 101 cm³/mol. The number of hydrogen-bond donors (Lipinski definition) is 2. The number of fused-ring (bicyclic) bond motifs is 1. The minimum atomic E-state index is -1.28. The van der Waals surface area contributed by atoms with Gasteiger partial charge >= 0.3 is 5.97 Å². The van der Waals surface area contributed by atoms with Crippen LogP contribution in [0.1, 0.15) is 53.6 Å². The van der Waals surface area contributed by atoms with Crippen molar-refractivity contribution >= 4 is 17.2 Å². The molecule has 6 nitrogen and oxygen atoms in total. The highest BCUT2D eigenvalue weighted by molar-refractivity contribution is 5.89. The zero-order chi connectivity index (χ0) is 19.5. The summed E-state index contributed by atoms with van der Waals surface area (Å²) in [7, 11) is 0. The molecule has 2 aromatic heterocycles. The lowest BCUT2D eigenvalue weighted by atomic mass is 10.0. The fraction of sp³-hybridized carbons (Fsp3) is 0.500. The van der Waals surface area contributed by atoms with Gasteiger partial charge in [0.05, 0.1) is 17.4 Å². The number of pyridine rings is 2. The normalized spacial score (nSPS) is 22.6. The Labute approximate surface area is 156 Å². The van der Waals surface area contributed by atoms with E-state index in [9.17, 15) is 14.7 Å². The van der Waals surface area contributed by atoms with Crippen molar-refractivity contribution in [1.82, 2.24) is 4.40 Å². The molecule has 2 fully saturated rings.